The first-order valence-electron chi connectivity index (χ1n) is 9.44. The van der Waals surface area contributed by atoms with E-state index in [2.05, 4.69) is 39.8 Å². The number of nitrogens with zero attached hydrogens (tertiary/aromatic N) is 3. The molecule has 28 heavy (non-hydrogen) atoms. The van der Waals surface area contributed by atoms with Crippen LogP contribution in [0.4, 0.5) is 5.69 Å². The average molecular weight is 398 g/mol. The van der Waals surface area contributed by atoms with Crippen LogP contribution in [0.25, 0.3) is 11.1 Å². The van der Waals surface area contributed by atoms with Gasteiger partial charge in [0.05, 0.1) is 18.4 Å². The summed E-state index contributed by atoms with van der Waals surface area (Å²) in [5.74, 6) is 0.652. The molecule has 0 fully saturated rings. The maximum absolute atomic E-state index is 6.05. The van der Waals surface area contributed by atoms with Gasteiger partial charge < -0.3 is 15.4 Å². The molecule has 0 aliphatic carbocycles. The quantitative estimate of drug-likeness (QED) is 0.624. The number of rotatable bonds is 6. The van der Waals surface area contributed by atoms with Crippen LogP contribution < -0.4 is 15.4 Å². The summed E-state index contributed by atoms with van der Waals surface area (Å²) in [5.41, 5.74) is 5.54. The number of benzene rings is 1. The summed E-state index contributed by atoms with van der Waals surface area (Å²) >= 11 is 6.02. The van der Waals surface area contributed by atoms with Gasteiger partial charge in [-0.05, 0) is 49.2 Å². The Morgan fingerprint density at radius 3 is 2.96 bits per heavy atom. The minimum absolute atomic E-state index is 0.0514. The molecule has 1 atom stereocenters. The van der Waals surface area contributed by atoms with E-state index in [9.17, 15) is 0 Å². The van der Waals surface area contributed by atoms with E-state index in [1.165, 1.54) is 11.1 Å². The van der Waals surface area contributed by atoms with Crippen molar-refractivity contribution in [2.24, 2.45) is 7.05 Å². The molecule has 1 aliphatic heterocycles. The molecule has 0 radical (unpaired) electrons. The third-order valence-electron chi connectivity index (χ3n) is 4.94. The van der Waals surface area contributed by atoms with Gasteiger partial charge in [0.2, 0.25) is 5.88 Å². The fraction of sp³-hybridized carbons (Fsp3) is 0.333. The van der Waals surface area contributed by atoms with Gasteiger partial charge in [-0.3, -0.25) is 4.68 Å². The van der Waals surface area contributed by atoms with Gasteiger partial charge in [0, 0.05) is 42.1 Å². The average Bonchev–Trinajstić information content (AvgIpc) is 3.12. The molecular weight excluding hydrogens is 374 g/mol. The molecule has 0 spiro atoms. The summed E-state index contributed by atoms with van der Waals surface area (Å²) < 4.78 is 7.83. The third-order valence-corrected chi connectivity index (χ3v) is 5.17. The Morgan fingerprint density at radius 2 is 2.18 bits per heavy atom. The second-order valence-corrected chi connectivity index (χ2v) is 7.56. The lowest BCUT2D eigenvalue weighted by Crippen LogP contribution is -2.40. The largest absolute Gasteiger partial charge is 0.470 e. The summed E-state index contributed by atoms with van der Waals surface area (Å²) in [4.78, 5) is 4.49. The molecule has 3 heterocycles. The van der Waals surface area contributed by atoms with Gasteiger partial charge in [-0.25, -0.2) is 4.98 Å². The van der Waals surface area contributed by atoms with Crippen molar-refractivity contribution in [2.75, 3.05) is 25.0 Å². The number of ether oxygens (including phenoxy) is 1. The lowest BCUT2D eigenvalue weighted by Gasteiger charge is -2.27. The van der Waals surface area contributed by atoms with E-state index in [-0.39, 0.29) is 6.10 Å². The molecular formula is C21H24ClN5O. The van der Waals surface area contributed by atoms with Crippen molar-refractivity contribution >= 4 is 17.3 Å². The standard InChI is InChI=1S/C21H24ClN5O/c1-14-7-18(22)4-3-15(14)5-6-23-11-19-12-24-20-8-16(9-25-21(20)28-19)17-10-26-27(2)13-17/h3-4,7-10,13,19,23-24H,5-6,11-12H2,1-2H3. The highest BCUT2D eigenvalue weighted by atomic mass is 35.5. The van der Waals surface area contributed by atoms with Gasteiger partial charge in [-0.1, -0.05) is 17.7 Å². The molecule has 2 aromatic heterocycles. The number of nitrogens with one attached hydrogen (secondary N) is 2. The molecule has 0 saturated carbocycles. The second-order valence-electron chi connectivity index (χ2n) is 7.13. The molecule has 146 valence electrons. The Morgan fingerprint density at radius 1 is 1.29 bits per heavy atom. The lowest BCUT2D eigenvalue weighted by molar-refractivity contribution is 0.194. The van der Waals surface area contributed by atoms with Gasteiger partial charge in [-0.15, -0.1) is 0 Å². The highest BCUT2D eigenvalue weighted by Crippen LogP contribution is 2.31. The molecule has 4 rings (SSSR count). The van der Waals surface area contributed by atoms with Crippen LogP contribution in [0, 0.1) is 6.92 Å². The predicted octanol–water partition coefficient (Wildman–Crippen LogP) is 3.45. The molecule has 0 bridgehead atoms. The second kappa shape index (κ2) is 8.20. The van der Waals surface area contributed by atoms with Crippen molar-refractivity contribution in [1.82, 2.24) is 20.1 Å². The van der Waals surface area contributed by atoms with Gasteiger partial charge in [0.15, 0.2) is 0 Å². The normalized spacial score (nSPS) is 15.6. The number of anilines is 1. The number of pyridine rings is 1. The van der Waals surface area contributed by atoms with Crippen LogP contribution in [0.3, 0.4) is 0 Å². The maximum Gasteiger partial charge on any atom is 0.237 e. The first-order chi connectivity index (χ1) is 13.6. The summed E-state index contributed by atoms with van der Waals surface area (Å²) in [6.07, 6.45) is 6.66. The summed E-state index contributed by atoms with van der Waals surface area (Å²) in [5, 5.41) is 11.9. The van der Waals surface area contributed by atoms with E-state index in [1.807, 2.05) is 37.8 Å². The number of halogens is 1. The predicted molar refractivity (Wildman–Crippen MR) is 112 cm³/mol. The zero-order valence-corrected chi connectivity index (χ0v) is 16.8. The van der Waals surface area contributed by atoms with Crippen LogP contribution in [-0.4, -0.2) is 40.5 Å². The zero-order chi connectivity index (χ0) is 19.5. The smallest absolute Gasteiger partial charge is 0.237 e. The van der Waals surface area contributed by atoms with Crippen molar-refractivity contribution in [3.8, 4) is 17.0 Å². The Labute approximate surface area is 169 Å². The summed E-state index contributed by atoms with van der Waals surface area (Å²) in [6.45, 7) is 4.50. The Bertz CT molecular complexity index is 971. The van der Waals surface area contributed by atoms with Crippen LogP contribution in [-0.2, 0) is 13.5 Å². The van der Waals surface area contributed by atoms with E-state index in [0.29, 0.717) is 5.88 Å². The molecule has 0 saturated heterocycles. The van der Waals surface area contributed by atoms with Gasteiger partial charge in [-0.2, -0.15) is 5.10 Å². The van der Waals surface area contributed by atoms with Crippen LogP contribution in [0.5, 0.6) is 5.88 Å². The van der Waals surface area contributed by atoms with E-state index in [1.54, 1.807) is 4.68 Å². The molecule has 1 aromatic carbocycles. The van der Waals surface area contributed by atoms with Gasteiger partial charge >= 0.3 is 0 Å². The van der Waals surface area contributed by atoms with Crippen molar-refractivity contribution < 1.29 is 4.74 Å². The highest BCUT2D eigenvalue weighted by Gasteiger charge is 2.20. The Balaban J connectivity index is 1.29. The van der Waals surface area contributed by atoms with Crippen molar-refractivity contribution in [1.29, 1.82) is 0 Å². The molecule has 1 aliphatic rings. The number of aromatic nitrogens is 3. The number of fused-ring (bicyclic) bond motifs is 1. The maximum atomic E-state index is 6.05. The van der Waals surface area contributed by atoms with Crippen molar-refractivity contribution in [2.45, 2.75) is 19.4 Å². The minimum atomic E-state index is 0.0514. The first-order valence-corrected chi connectivity index (χ1v) is 9.81. The van der Waals surface area contributed by atoms with Crippen LogP contribution in [0.1, 0.15) is 11.1 Å². The topological polar surface area (TPSA) is 64.0 Å². The van der Waals surface area contributed by atoms with Gasteiger partial charge in [0.25, 0.3) is 0 Å². The first kappa shape index (κ1) is 18.8. The summed E-state index contributed by atoms with van der Waals surface area (Å²) in [6, 6.07) is 8.11. The Kier molecular flexibility index (Phi) is 5.50. The lowest BCUT2D eigenvalue weighted by atomic mass is 10.1. The summed E-state index contributed by atoms with van der Waals surface area (Å²) in [7, 11) is 1.91. The van der Waals surface area contributed by atoms with Crippen LogP contribution >= 0.6 is 11.6 Å². The molecule has 1 unspecified atom stereocenters. The van der Waals surface area contributed by atoms with E-state index in [4.69, 9.17) is 16.3 Å². The molecule has 0 amide bonds. The van der Waals surface area contributed by atoms with E-state index < -0.39 is 0 Å². The Hall–Kier alpha value is -2.57. The fourth-order valence-corrected chi connectivity index (χ4v) is 3.59. The van der Waals surface area contributed by atoms with Gasteiger partial charge in [0.1, 0.15) is 6.10 Å². The number of hydrogen-bond donors (Lipinski definition) is 2. The number of aryl methyl sites for hydroxylation is 2. The molecule has 3 aromatic rings. The third kappa shape index (κ3) is 4.29. The van der Waals surface area contributed by atoms with E-state index in [0.717, 1.165) is 47.9 Å². The van der Waals surface area contributed by atoms with Crippen LogP contribution in [0.15, 0.2) is 42.9 Å². The minimum Gasteiger partial charge on any atom is -0.470 e. The zero-order valence-electron chi connectivity index (χ0n) is 16.1. The monoisotopic (exact) mass is 397 g/mol. The number of hydrogen-bond acceptors (Lipinski definition) is 5. The molecule has 2 N–H and O–H groups in total. The SMILES string of the molecule is Cc1cc(Cl)ccc1CCNCC1CNc2cc(-c3cnn(C)c3)cnc2O1. The van der Waals surface area contributed by atoms with E-state index >= 15 is 0 Å². The molecule has 7 heteroatoms. The highest BCUT2D eigenvalue weighted by molar-refractivity contribution is 6.30. The van der Waals surface area contributed by atoms with Crippen molar-refractivity contribution in [3.05, 3.63) is 59.0 Å². The van der Waals surface area contributed by atoms with Crippen molar-refractivity contribution in [3.63, 3.8) is 0 Å². The fourth-order valence-electron chi connectivity index (χ4n) is 3.36. The van der Waals surface area contributed by atoms with Crippen LogP contribution in [0.2, 0.25) is 5.02 Å². The molecule has 6 nitrogen and oxygen atoms in total.